The van der Waals surface area contributed by atoms with Gasteiger partial charge in [-0.3, -0.25) is 0 Å². The van der Waals surface area contributed by atoms with Gasteiger partial charge in [-0.05, 0) is 37.1 Å². The Hall–Kier alpha value is -1.61. The summed E-state index contributed by atoms with van der Waals surface area (Å²) in [4.78, 5) is 8.43. The normalized spacial score (nSPS) is 12.2. The lowest BCUT2D eigenvalue weighted by Gasteiger charge is -2.14. The Balaban J connectivity index is 2.08. The van der Waals surface area contributed by atoms with E-state index in [1.165, 1.54) is 0 Å². The number of halogens is 1. The summed E-state index contributed by atoms with van der Waals surface area (Å²) in [5, 5.41) is 3.98. The molecule has 0 radical (unpaired) electrons. The van der Waals surface area contributed by atoms with Crippen LogP contribution < -0.4 is 5.32 Å². The minimum atomic E-state index is 0.148. The maximum Gasteiger partial charge on any atom is 0.223 e. The molecule has 17 heavy (non-hydrogen) atoms. The van der Waals surface area contributed by atoms with Crippen LogP contribution in [0.4, 0.5) is 5.95 Å². The molecular weight excluding hydrogens is 234 g/mol. The van der Waals surface area contributed by atoms with Gasteiger partial charge >= 0.3 is 0 Å². The summed E-state index contributed by atoms with van der Waals surface area (Å²) in [6, 6.07) is 7.90. The van der Waals surface area contributed by atoms with E-state index < -0.39 is 0 Å². The van der Waals surface area contributed by atoms with E-state index in [1.807, 2.05) is 31.2 Å². The van der Waals surface area contributed by atoms with Crippen molar-refractivity contribution in [3.05, 3.63) is 52.8 Å². The Morgan fingerprint density at radius 2 is 1.71 bits per heavy atom. The second-order valence-electron chi connectivity index (χ2n) is 4.00. The van der Waals surface area contributed by atoms with Gasteiger partial charge in [0.1, 0.15) is 0 Å². The number of benzene rings is 1. The van der Waals surface area contributed by atoms with Crippen molar-refractivity contribution in [2.45, 2.75) is 19.9 Å². The first-order chi connectivity index (χ1) is 8.15. The van der Waals surface area contributed by atoms with Gasteiger partial charge in [0.2, 0.25) is 5.95 Å². The van der Waals surface area contributed by atoms with Gasteiger partial charge in [-0.25, -0.2) is 9.97 Å². The van der Waals surface area contributed by atoms with E-state index in [1.54, 1.807) is 12.4 Å². The molecule has 0 aliphatic heterocycles. The number of rotatable bonds is 3. The van der Waals surface area contributed by atoms with Crippen molar-refractivity contribution in [1.29, 1.82) is 0 Å². The van der Waals surface area contributed by atoms with Gasteiger partial charge in [0, 0.05) is 17.4 Å². The maximum absolute atomic E-state index is 5.85. The van der Waals surface area contributed by atoms with Crippen LogP contribution in [0.5, 0.6) is 0 Å². The number of aromatic nitrogens is 2. The highest BCUT2D eigenvalue weighted by atomic mass is 35.5. The fourth-order valence-corrected chi connectivity index (χ4v) is 1.62. The van der Waals surface area contributed by atoms with E-state index in [-0.39, 0.29) is 6.04 Å². The summed E-state index contributed by atoms with van der Waals surface area (Å²) in [7, 11) is 0. The zero-order valence-electron chi connectivity index (χ0n) is 9.81. The van der Waals surface area contributed by atoms with Gasteiger partial charge in [-0.1, -0.05) is 23.7 Å². The van der Waals surface area contributed by atoms with Crippen LogP contribution in [0.15, 0.2) is 36.7 Å². The van der Waals surface area contributed by atoms with Gasteiger partial charge in [-0.2, -0.15) is 0 Å². The average molecular weight is 248 g/mol. The van der Waals surface area contributed by atoms with E-state index >= 15 is 0 Å². The third kappa shape index (κ3) is 3.17. The van der Waals surface area contributed by atoms with E-state index in [4.69, 9.17) is 11.6 Å². The minimum Gasteiger partial charge on any atom is -0.348 e. The molecule has 1 heterocycles. The Kier molecular flexibility index (Phi) is 3.59. The SMILES string of the molecule is Cc1cnc(NC(C)c2ccc(Cl)cc2)nc1. The molecule has 0 bridgehead atoms. The largest absolute Gasteiger partial charge is 0.348 e. The summed E-state index contributed by atoms with van der Waals surface area (Å²) < 4.78 is 0. The molecule has 0 amide bonds. The van der Waals surface area contributed by atoms with Crippen molar-refractivity contribution in [2.75, 3.05) is 5.32 Å². The summed E-state index contributed by atoms with van der Waals surface area (Å²) in [5.41, 5.74) is 2.20. The highest BCUT2D eigenvalue weighted by Crippen LogP contribution is 2.18. The number of anilines is 1. The molecular formula is C13H14ClN3. The molecule has 1 unspecified atom stereocenters. The fourth-order valence-electron chi connectivity index (χ4n) is 1.50. The lowest BCUT2D eigenvalue weighted by molar-refractivity contribution is 0.859. The van der Waals surface area contributed by atoms with Crippen LogP contribution in [-0.4, -0.2) is 9.97 Å². The molecule has 3 nitrogen and oxygen atoms in total. The second kappa shape index (κ2) is 5.15. The summed E-state index contributed by atoms with van der Waals surface area (Å²) in [5.74, 6) is 0.637. The molecule has 2 rings (SSSR count). The van der Waals surface area contributed by atoms with Crippen molar-refractivity contribution in [1.82, 2.24) is 9.97 Å². The lowest BCUT2D eigenvalue weighted by Crippen LogP contribution is -2.09. The van der Waals surface area contributed by atoms with Crippen LogP contribution in [-0.2, 0) is 0 Å². The molecule has 1 atom stereocenters. The first-order valence-corrected chi connectivity index (χ1v) is 5.83. The van der Waals surface area contributed by atoms with Crippen molar-refractivity contribution < 1.29 is 0 Å². The zero-order chi connectivity index (χ0) is 12.3. The van der Waals surface area contributed by atoms with Crippen molar-refractivity contribution in [2.24, 2.45) is 0 Å². The predicted molar refractivity (Wildman–Crippen MR) is 70.3 cm³/mol. The number of hydrogen-bond acceptors (Lipinski definition) is 3. The molecule has 0 aliphatic rings. The third-order valence-electron chi connectivity index (χ3n) is 2.50. The molecule has 88 valence electrons. The van der Waals surface area contributed by atoms with Crippen LogP contribution in [0.3, 0.4) is 0 Å². The van der Waals surface area contributed by atoms with E-state index in [0.717, 1.165) is 16.1 Å². The van der Waals surface area contributed by atoms with Crippen LogP contribution in [0.2, 0.25) is 5.02 Å². The predicted octanol–water partition coefficient (Wildman–Crippen LogP) is 3.61. The molecule has 4 heteroatoms. The Morgan fingerprint density at radius 3 is 2.29 bits per heavy atom. The molecule has 0 aliphatic carbocycles. The van der Waals surface area contributed by atoms with Crippen LogP contribution in [0.25, 0.3) is 0 Å². The standard InChI is InChI=1S/C13H14ClN3/c1-9-7-15-13(16-8-9)17-10(2)11-3-5-12(14)6-4-11/h3-8,10H,1-2H3,(H,15,16,17). The van der Waals surface area contributed by atoms with Crippen molar-refractivity contribution in [3.8, 4) is 0 Å². The smallest absolute Gasteiger partial charge is 0.223 e. The van der Waals surface area contributed by atoms with E-state index in [9.17, 15) is 0 Å². The summed E-state index contributed by atoms with van der Waals surface area (Å²) >= 11 is 5.85. The molecule has 0 saturated heterocycles. The fraction of sp³-hybridized carbons (Fsp3) is 0.231. The number of aryl methyl sites for hydroxylation is 1. The van der Waals surface area contributed by atoms with Crippen LogP contribution in [0, 0.1) is 6.92 Å². The average Bonchev–Trinajstić information content (AvgIpc) is 2.33. The van der Waals surface area contributed by atoms with Crippen molar-refractivity contribution in [3.63, 3.8) is 0 Å². The summed E-state index contributed by atoms with van der Waals surface area (Å²) in [6.45, 7) is 4.03. The van der Waals surface area contributed by atoms with Gasteiger partial charge in [0.15, 0.2) is 0 Å². The van der Waals surface area contributed by atoms with Gasteiger partial charge < -0.3 is 5.32 Å². The Bertz CT molecular complexity index is 479. The third-order valence-corrected chi connectivity index (χ3v) is 2.75. The number of nitrogens with one attached hydrogen (secondary N) is 1. The highest BCUT2D eigenvalue weighted by Gasteiger charge is 2.06. The monoisotopic (exact) mass is 247 g/mol. The zero-order valence-corrected chi connectivity index (χ0v) is 10.6. The molecule has 1 N–H and O–H groups in total. The lowest BCUT2D eigenvalue weighted by atomic mass is 10.1. The van der Waals surface area contributed by atoms with E-state index in [2.05, 4.69) is 22.2 Å². The first-order valence-electron chi connectivity index (χ1n) is 5.46. The Morgan fingerprint density at radius 1 is 1.12 bits per heavy atom. The molecule has 2 aromatic rings. The Labute approximate surface area is 106 Å². The molecule has 1 aromatic heterocycles. The van der Waals surface area contributed by atoms with Gasteiger partial charge in [0.05, 0.1) is 6.04 Å². The summed E-state index contributed by atoms with van der Waals surface area (Å²) in [6.07, 6.45) is 3.59. The molecule has 0 spiro atoms. The van der Waals surface area contributed by atoms with Gasteiger partial charge in [0.25, 0.3) is 0 Å². The quantitative estimate of drug-likeness (QED) is 0.900. The van der Waals surface area contributed by atoms with Gasteiger partial charge in [-0.15, -0.1) is 0 Å². The highest BCUT2D eigenvalue weighted by molar-refractivity contribution is 6.30. The molecule has 0 fully saturated rings. The molecule has 1 aromatic carbocycles. The van der Waals surface area contributed by atoms with Crippen molar-refractivity contribution >= 4 is 17.5 Å². The minimum absolute atomic E-state index is 0.148. The second-order valence-corrected chi connectivity index (χ2v) is 4.44. The van der Waals surface area contributed by atoms with Crippen LogP contribution >= 0.6 is 11.6 Å². The first kappa shape index (κ1) is 11.9. The number of nitrogens with zero attached hydrogens (tertiary/aromatic N) is 2. The van der Waals surface area contributed by atoms with E-state index in [0.29, 0.717) is 5.95 Å². The molecule has 0 saturated carbocycles. The topological polar surface area (TPSA) is 37.8 Å². The van der Waals surface area contributed by atoms with Crippen LogP contribution in [0.1, 0.15) is 24.1 Å². The maximum atomic E-state index is 5.85. The number of hydrogen-bond donors (Lipinski definition) is 1.